The predicted octanol–water partition coefficient (Wildman–Crippen LogP) is 1.32. The highest BCUT2D eigenvalue weighted by Crippen LogP contribution is 2.13. The van der Waals surface area contributed by atoms with Crippen molar-refractivity contribution >= 4 is 23.1 Å². The quantitative estimate of drug-likeness (QED) is 0.827. The average Bonchev–Trinajstić information content (AvgIpc) is 3.08. The van der Waals surface area contributed by atoms with Gasteiger partial charge < -0.3 is 9.80 Å². The van der Waals surface area contributed by atoms with Crippen LogP contribution in [-0.2, 0) is 11.3 Å². The van der Waals surface area contributed by atoms with Crippen LogP contribution in [0.4, 0.5) is 5.82 Å². The van der Waals surface area contributed by atoms with E-state index in [4.69, 9.17) is 0 Å². The van der Waals surface area contributed by atoms with Crippen LogP contribution in [-0.4, -0.2) is 65.4 Å². The van der Waals surface area contributed by atoms with Crippen molar-refractivity contribution in [3.05, 3.63) is 41.0 Å². The summed E-state index contributed by atoms with van der Waals surface area (Å²) in [6, 6.07) is 4.15. The number of piperazine rings is 1. The van der Waals surface area contributed by atoms with Crippen molar-refractivity contribution in [3.63, 3.8) is 0 Å². The number of aromatic nitrogens is 2. The van der Waals surface area contributed by atoms with E-state index in [9.17, 15) is 4.79 Å². The van der Waals surface area contributed by atoms with E-state index in [0.717, 1.165) is 38.5 Å². The first-order valence-electron chi connectivity index (χ1n) is 7.72. The van der Waals surface area contributed by atoms with Gasteiger partial charge in [-0.1, -0.05) is 6.07 Å². The number of likely N-dealkylation sites (N-methyl/N-ethyl adjacent to an activating group) is 1. The van der Waals surface area contributed by atoms with Gasteiger partial charge in [0, 0.05) is 50.0 Å². The summed E-state index contributed by atoms with van der Waals surface area (Å²) in [5.41, 5.74) is 0. The Bertz CT molecular complexity index is 611. The molecule has 23 heavy (non-hydrogen) atoms. The molecular formula is C16H21N5OS. The molecule has 0 radical (unpaired) electrons. The first kappa shape index (κ1) is 15.9. The minimum atomic E-state index is 0.197. The van der Waals surface area contributed by atoms with Crippen molar-refractivity contribution in [2.45, 2.75) is 6.54 Å². The molecule has 2 aromatic rings. The van der Waals surface area contributed by atoms with Crippen molar-refractivity contribution in [1.82, 2.24) is 19.8 Å². The third-order valence-electron chi connectivity index (χ3n) is 3.92. The first-order valence-corrected chi connectivity index (χ1v) is 8.60. The standard InChI is InChI=1S/C16H21N5OS/c1-19(12-14-3-2-10-23-14)13-16(22)21-8-6-20(7-9-21)15-11-17-4-5-18-15/h2-5,10-11H,6-9,12-13H2,1H3. The van der Waals surface area contributed by atoms with Crippen LogP contribution in [0, 0.1) is 0 Å². The minimum Gasteiger partial charge on any atom is -0.352 e. The van der Waals surface area contributed by atoms with Crippen LogP contribution < -0.4 is 4.90 Å². The van der Waals surface area contributed by atoms with E-state index in [0.29, 0.717) is 6.54 Å². The SMILES string of the molecule is CN(CC(=O)N1CCN(c2cnccn2)CC1)Cc1cccs1. The molecule has 1 amide bonds. The Morgan fingerprint density at radius 2 is 2.13 bits per heavy atom. The summed E-state index contributed by atoms with van der Waals surface area (Å²) in [7, 11) is 1.99. The second-order valence-corrected chi connectivity index (χ2v) is 6.72. The van der Waals surface area contributed by atoms with E-state index >= 15 is 0 Å². The Morgan fingerprint density at radius 3 is 2.78 bits per heavy atom. The van der Waals surface area contributed by atoms with Crippen molar-refractivity contribution in [2.75, 3.05) is 44.7 Å². The second kappa shape index (κ2) is 7.52. The topological polar surface area (TPSA) is 52.6 Å². The van der Waals surface area contributed by atoms with Crippen molar-refractivity contribution < 1.29 is 4.79 Å². The zero-order valence-electron chi connectivity index (χ0n) is 13.3. The molecule has 1 saturated heterocycles. The molecule has 6 nitrogen and oxygen atoms in total. The molecule has 0 aromatic carbocycles. The van der Waals surface area contributed by atoms with E-state index in [1.165, 1.54) is 4.88 Å². The molecular weight excluding hydrogens is 310 g/mol. The van der Waals surface area contributed by atoms with Gasteiger partial charge in [0.15, 0.2) is 0 Å². The van der Waals surface area contributed by atoms with Crippen molar-refractivity contribution in [1.29, 1.82) is 0 Å². The smallest absolute Gasteiger partial charge is 0.236 e. The van der Waals surface area contributed by atoms with Crippen LogP contribution in [0.2, 0.25) is 0 Å². The maximum absolute atomic E-state index is 12.4. The highest BCUT2D eigenvalue weighted by molar-refractivity contribution is 7.09. The fraction of sp³-hybridized carbons (Fsp3) is 0.438. The summed E-state index contributed by atoms with van der Waals surface area (Å²) in [4.78, 5) is 28.3. The highest BCUT2D eigenvalue weighted by atomic mass is 32.1. The molecule has 1 aliphatic heterocycles. The van der Waals surface area contributed by atoms with Gasteiger partial charge in [-0.3, -0.25) is 14.7 Å². The molecule has 122 valence electrons. The van der Waals surface area contributed by atoms with Gasteiger partial charge in [-0.25, -0.2) is 4.98 Å². The van der Waals surface area contributed by atoms with Crippen LogP contribution >= 0.6 is 11.3 Å². The number of carbonyl (C=O) groups excluding carboxylic acids is 1. The van der Waals surface area contributed by atoms with Crippen LogP contribution in [0.15, 0.2) is 36.1 Å². The average molecular weight is 331 g/mol. The molecule has 3 rings (SSSR count). The Hall–Kier alpha value is -1.99. The summed E-state index contributed by atoms with van der Waals surface area (Å²) in [5, 5.41) is 2.07. The molecule has 0 atom stereocenters. The molecule has 2 aromatic heterocycles. The molecule has 0 saturated carbocycles. The third-order valence-corrected chi connectivity index (χ3v) is 4.78. The fourth-order valence-corrected chi connectivity index (χ4v) is 3.48. The monoisotopic (exact) mass is 331 g/mol. The van der Waals surface area contributed by atoms with Crippen molar-refractivity contribution in [3.8, 4) is 0 Å². The molecule has 1 aliphatic rings. The van der Waals surface area contributed by atoms with Crippen LogP contribution in [0.25, 0.3) is 0 Å². The van der Waals surface area contributed by atoms with E-state index < -0.39 is 0 Å². The zero-order chi connectivity index (χ0) is 16.1. The molecule has 0 bridgehead atoms. The second-order valence-electron chi connectivity index (χ2n) is 5.68. The van der Waals surface area contributed by atoms with E-state index in [1.54, 1.807) is 29.9 Å². The molecule has 7 heteroatoms. The van der Waals surface area contributed by atoms with Gasteiger partial charge in [-0.05, 0) is 18.5 Å². The minimum absolute atomic E-state index is 0.197. The number of hydrogen-bond donors (Lipinski definition) is 0. The van der Waals surface area contributed by atoms with E-state index in [-0.39, 0.29) is 5.91 Å². The summed E-state index contributed by atoms with van der Waals surface area (Å²) in [6.45, 7) is 4.37. The normalized spacial score (nSPS) is 15.2. The van der Waals surface area contributed by atoms with Gasteiger partial charge in [-0.15, -0.1) is 11.3 Å². The molecule has 3 heterocycles. The summed E-state index contributed by atoms with van der Waals surface area (Å²) >= 11 is 1.73. The summed E-state index contributed by atoms with van der Waals surface area (Å²) in [6.07, 6.45) is 5.14. The lowest BCUT2D eigenvalue weighted by Crippen LogP contribution is -2.51. The number of rotatable bonds is 5. The maximum Gasteiger partial charge on any atom is 0.236 e. The van der Waals surface area contributed by atoms with Gasteiger partial charge in [-0.2, -0.15) is 0 Å². The number of hydrogen-bond acceptors (Lipinski definition) is 6. The highest BCUT2D eigenvalue weighted by Gasteiger charge is 2.22. The third kappa shape index (κ3) is 4.27. The zero-order valence-corrected chi connectivity index (χ0v) is 14.1. The number of amides is 1. The van der Waals surface area contributed by atoms with Crippen LogP contribution in [0.1, 0.15) is 4.88 Å². The van der Waals surface area contributed by atoms with E-state index in [2.05, 4.69) is 31.2 Å². The van der Waals surface area contributed by atoms with Crippen LogP contribution in [0.5, 0.6) is 0 Å². The van der Waals surface area contributed by atoms with Gasteiger partial charge in [0.25, 0.3) is 0 Å². The van der Waals surface area contributed by atoms with Crippen LogP contribution in [0.3, 0.4) is 0 Å². The predicted molar refractivity (Wildman–Crippen MR) is 91.5 cm³/mol. The molecule has 1 fully saturated rings. The van der Waals surface area contributed by atoms with Gasteiger partial charge in [0.2, 0.25) is 5.91 Å². The number of thiophene rings is 1. The maximum atomic E-state index is 12.4. The lowest BCUT2D eigenvalue weighted by atomic mass is 10.3. The Balaban J connectivity index is 1.46. The lowest BCUT2D eigenvalue weighted by Gasteiger charge is -2.35. The largest absolute Gasteiger partial charge is 0.352 e. The molecule has 0 spiro atoms. The number of nitrogens with zero attached hydrogens (tertiary/aromatic N) is 5. The van der Waals surface area contributed by atoms with Crippen molar-refractivity contribution in [2.24, 2.45) is 0 Å². The molecule has 0 N–H and O–H groups in total. The number of anilines is 1. The van der Waals surface area contributed by atoms with Gasteiger partial charge in [0.05, 0.1) is 12.7 Å². The van der Waals surface area contributed by atoms with Gasteiger partial charge >= 0.3 is 0 Å². The first-order chi connectivity index (χ1) is 11.2. The summed E-state index contributed by atoms with van der Waals surface area (Å²) in [5.74, 6) is 1.08. The summed E-state index contributed by atoms with van der Waals surface area (Å²) < 4.78 is 0. The lowest BCUT2D eigenvalue weighted by molar-refractivity contribution is -0.132. The Kier molecular flexibility index (Phi) is 5.19. The molecule has 0 aliphatic carbocycles. The van der Waals surface area contributed by atoms with Gasteiger partial charge in [0.1, 0.15) is 5.82 Å². The number of carbonyl (C=O) groups is 1. The Labute approximate surface area is 140 Å². The Morgan fingerprint density at radius 1 is 1.30 bits per heavy atom. The fourth-order valence-electron chi connectivity index (χ4n) is 2.69. The van der Waals surface area contributed by atoms with E-state index in [1.807, 2.05) is 18.0 Å². The molecule has 0 unspecified atom stereocenters.